The van der Waals surface area contributed by atoms with Crippen LogP contribution in [0.25, 0.3) is 0 Å². The Labute approximate surface area is 159 Å². The van der Waals surface area contributed by atoms with Crippen molar-refractivity contribution in [2.24, 2.45) is 0 Å². The molecule has 2 aliphatic rings. The van der Waals surface area contributed by atoms with Crippen LogP contribution in [0.5, 0.6) is 11.6 Å². The van der Waals surface area contributed by atoms with Crippen LogP contribution in [0.3, 0.4) is 0 Å². The summed E-state index contributed by atoms with van der Waals surface area (Å²) in [5, 5.41) is 0. The van der Waals surface area contributed by atoms with Gasteiger partial charge in [-0.3, -0.25) is 9.88 Å². The number of fused-ring (bicyclic) bond motifs is 1. The lowest BCUT2D eigenvalue weighted by atomic mass is 9.89. The number of halogens is 1. The number of aromatic nitrogens is 2. The molecule has 0 aliphatic carbocycles. The molecule has 2 aromatic rings. The smallest absolute Gasteiger partial charge is 0.257 e. The molecule has 6 heteroatoms. The second-order valence-electron chi connectivity index (χ2n) is 7.55. The maximum absolute atomic E-state index is 14.7. The maximum atomic E-state index is 14.7. The molecule has 4 heterocycles. The van der Waals surface area contributed by atoms with Gasteiger partial charge in [0.25, 0.3) is 5.88 Å². The number of hydrogen-bond donors (Lipinski definition) is 0. The molecular weight excluding hydrogens is 345 g/mol. The predicted molar refractivity (Wildman–Crippen MR) is 101 cm³/mol. The summed E-state index contributed by atoms with van der Waals surface area (Å²) in [6.07, 6.45) is 2.23. The topological polar surface area (TPSA) is 47.5 Å². The average molecular weight is 371 g/mol. The van der Waals surface area contributed by atoms with Crippen molar-refractivity contribution >= 4 is 0 Å². The highest BCUT2D eigenvalue weighted by atomic mass is 19.1. The summed E-state index contributed by atoms with van der Waals surface area (Å²) in [6, 6.07) is 5.64. The van der Waals surface area contributed by atoms with Crippen LogP contribution >= 0.6 is 0 Å². The number of rotatable bonds is 3. The third-order valence-electron chi connectivity index (χ3n) is 5.49. The van der Waals surface area contributed by atoms with E-state index < -0.39 is 0 Å². The molecule has 1 fully saturated rings. The molecule has 0 aromatic carbocycles. The first-order chi connectivity index (χ1) is 13.0. The minimum Gasteiger partial charge on any atom is -0.484 e. The Morgan fingerprint density at radius 3 is 2.63 bits per heavy atom. The van der Waals surface area contributed by atoms with Crippen LogP contribution in [0.4, 0.5) is 4.39 Å². The summed E-state index contributed by atoms with van der Waals surface area (Å²) < 4.78 is 25.7. The Bertz CT molecular complexity index is 822. The second kappa shape index (κ2) is 7.43. The molecule has 0 saturated carbocycles. The van der Waals surface area contributed by atoms with Crippen molar-refractivity contribution in [3.8, 4) is 11.6 Å². The van der Waals surface area contributed by atoms with E-state index in [0.717, 1.165) is 37.3 Å². The fourth-order valence-electron chi connectivity index (χ4n) is 4.16. The van der Waals surface area contributed by atoms with Crippen LogP contribution in [0, 0.1) is 19.7 Å². The molecule has 0 bridgehead atoms. The van der Waals surface area contributed by atoms with Crippen molar-refractivity contribution in [2.75, 3.05) is 26.3 Å². The summed E-state index contributed by atoms with van der Waals surface area (Å²) >= 11 is 0. The van der Waals surface area contributed by atoms with Gasteiger partial charge in [-0.2, -0.15) is 0 Å². The lowest BCUT2D eigenvalue weighted by Crippen LogP contribution is -2.37. The number of likely N-dealkylation sites (tertiary alicyclic amines) is 1. The molecule has 27 heavy (non-hydrogen) atoms. The van der Waals surface area contributed by atoms with Gasteiger partial charge in [-0.15, -0.1) is 0 Å². The van der Waals surface area contributed by atoms with Gasteiger partial charge in [0, 0.05) is 24.0 Å². The van der Waals surface area contributed by atoms with Crippen molar-refractivity contribution in [3.63, 3.8) is 0 Å². The molecule has 1 saturated heterocycles. The number of hydrogen-bond acceptors (Lipinski definition) is 5. The van der Waals surface area contributed by atoms with Crippen molar-refractivity contribution in [1.29, 1.82) is 0 Å². The number of nitrogens with zero attached hydrogens (tertiary/aromatic N) is 3. The Balaban J connectivity index is 1.56. The van der Waals surface area contributed by atoms with E-state index >= 15 is 0 Å². The van der Waals surface area contributed by atoms with Crippen LogP contribution in [-0.4, -0.2) is 41.2 Å². The monoisotopic (exact) mass is 371 g/mol. The molecule has 144 valence electrons. The van der Waals surface area contributed by atoms with Gasteiger partial charge in [0.15, 0.2) is 5.75 Å². The first-order valence-corrected chi connectivity index (χ1v) is 9.66. The summed E-state index contributed by atoms with van der Waals surface area (Å²) in [5.41, 5.74) is 3.86. The Morgan fingerprint density at radius 2 is 1.85 bits per heavy atom. The van der Waals surface area contributed by atoms with Crippen LogP contribution in [0.15, 0.2) is 18.2 Å². The third kappa shape index (κ3) is 3.76. The third-order valence-corrected chi connectivity index (χ3v) is 5.49. The van der Waals surface area contributed by atoms with E-state index in [0.29, 0.717) is 36.5 Å². The number of piperidine rings is 1. The van der Waals surface area contributed by atoms with Crippen molar-refractivity contribution < 1.29 is 13.9 Å². The van der Waals surface area contributed by atoms with Gasteiger partial charge in [-0.1, -0.05) is 0 Å². The highest BCUT2D eigenvalue weighted by Gasteiger charge is 2.29. The molecule has 0 unspecified atom stereocenters. The number of ether oxygens (including phenoxy) is 2. The SMILES string of the molecule is Cc1cc([C@H]2CCCN([C@H](C)c3nc4c(cc3F)OCCO4)C2)cc(C)n1. The largest absolute Gasteiger partial charge is 0.484 e. The fourth-order valence-corrected chi connectivity index (χ4v) is 4.16. The first-order valence-electron chi connectivity index (χ1n) is 9.66. The molecule has 0 N–H and O–H groups in total. The van der Waals surface area contributed by atoms with E-state index in [1.165, 1.54) is 11.6 Å². The minimum atomic E-state index is -0.329. The van der Waals surface area contributed by atoms with E-state index in [1.807, 2.05) is 20.8 Å². The standard InChI is InChI=1S/C21H26FN3O2/c1-13-9-17(10-14(2)23-13)16-5-4-6-25(12-16)15(3)20-18(22)11-19-21(24-20)27-8-7-26-19/h9-11,15-16H,4-8,12H2,1-3H3/t15-,16+/m1/s1. The molecule has 0 spiro atoms. The zero-order valence-corrected chi connectivity index (χ0v) is 16.2. The van der Waals surface area contributed by atoms with Gasteiger partial charge >= 0.3 is 0 Å². The Morgan fingerprint density at radius 1 is 1.11 bits per heavy atom. The van der Waals surface area contributed by atoms with Gasteiger partial charge in [0.05, 0.1) is 11.7 Å². The Kier molecular flexibility index (Phi) is 5.00. The summed E-state index contributed by atoms with van der Waals surface area (Å²) in [5.74, 6) is 0.902. The van der Waals surface area contributed by atoms with Gasteiger partial charge in [-0.25, -0.2) is 9.37 Å². The van der Waals surface area contributed by atoms with E-state index in [9.17, 15) is 4.39 Å². The fraction of sp³-hybridized carbons (Fsp3) is 0.524. The summed E-state index contributed by atoms with van der Waals surface area (Å²) in [7, 11) is 0. The van der Waals surface area contributed by atoms with Crippen LogP contribution in [0.2, 0.25) is 0 Å². The molecular formula is C21H26FN3O2. The van der Waals surface area contributed by atoms with E-state index in [2.05, 4.69) is 27.0 Å². The van der Waals surface area contributed by atoms with E-state index in [-0.39, 0.29) is 11.9 Å². The maximum Gasteiger partial charge on any atom is 0.257 e. The van der Waals surface area contributed by atoms with Crippen molar-refractivity contribution in [3.05, 3.63) is 46.7 Å². The van der Waals surface area contributed by atoms with E-state index in [1.54, 1.807) is 0 Å². The minimum absolute atomic E-state index is 0.118. The van der Waals surface area contributed by atoms with Gasteiger partial charge < -0.3 is 9.47 Å². The molecule has 2 aliphatic heterocycles. The van der Waals surface area contributed by atoms with Gasteiger partial charge in [-0.05, 0) is 63.8 Å². The van der Waals surface area contributed by atoms with Crippen molar-refractivity contribution in [2.45, 2.75) is 45.6 Å². The van der Waals surface area contributed by atoms with Gasteiger partial charge in [0.1, 0.15) is 19.0 Å². The van der Waals surface area contributed by atoms with Crippen LogP contribution in [-0.2, 0) is 0 Å². The zero-order chi connectivity index (χ0) is 19.0. The van der Waals surface area contributed by atoms with Crippen LogP contribution in [0.1, 0.15) is 54.4 Å². The molecule has 5 nitrogen and oxygen atoms in total. The molecule has 4 rings (SSSR count). The first kappa shape index (κ1) is 18.2. The Hall–Kier alpha value is -2.21. The quantitative estimate of drug-likeness (QED) is 0.818. The predicted octanol–water partition coefficient (Wildman–Crippen LogP) is 3.94. The average Bonchev–Trinajstić information content (AvgIpc) is 2.66. The molecule has 0 radical (unpaired) electrons. The highest BCUT2D eigenvalue weighted by molar-refractivity contribution is 5.37. The molecule has 0 amide bonds. The summed E-state index contributed by atoms with van der Waals surface area (Å²) in [4.78, 5) is 11.2. The van der Waals surface area contributed by atoms with Crippen LogP contribution < -0.4 is 9.47 Å². The highest BCUT2D eigenvalue weighted by Crippen LogP contribution is 2.36. The van der Waals surface area contributed by atoms with Crippen molar-refractivity contribution in [1.82, 2.24) is 14.9 Å². The summed E-state index contributed by atoms with van der Waals surface area (Å²) in [6.45, 7) is 8.80. The molecule has 2 atom stereocenters. The molecule has 2 aromatic heterocycles. The lowest BCUT2D eigenvalue weighted by Gasteiger charge is -2.37. The lowest BCUT2D eigenvalue weighted by molar-refractivity contribution is 0.144. The number of pyridine rings is 2. The number of aryl methyl sites for hydroxylation is 2. The van der Waals surface area contributed by atoms with Gasteiger partial charge in [0.2, 0.25) is 0 Å². The second-order valence-corrected chi connectivity index (χ2v) is 7.55. The normalized spacial score (nSPS) is 21.1. The zero-order valence-electron chi connectivity index (χ0n) is 16.2. The van der Waals surface area contributed by atoms with E-state index in [4.69, 9.17) is 9.47 Å².